The van der Waals surface area contributed by atoms with Crippen LogP contribution >= 0.6 is 0 Å². The zero-order chi connectivity index (χ0) is 24.8. The van der Waals surface area contributed by atoms with Gasteiger partial charge in [-0.3, -0.25) is 20.2 Å². The summed E-state index contributed by atoms with van der Waals surface area (Å²) in [6, 6.07) is 8.48. The third kappa shape index (κ3) is 4.03. The van der Waals surface area contributed by atoms with Crippen molar-refractivity contribution in [2.24, 2.45) is 11.3 Å². The monoisotopic (exact) mass is 469 g/mol. The van der Waals surface area contributed by atoms with Crippen molar-refractivity contribution in [3.05, 3.63) is 73.1 Å². The van der Waals surface area contributed by atoms with Crippen LogP contribution in [0.2, 0.25) is 0 Å². The fourth-order valence-corrected chi connectivity index (χ4v) is 6.50. The molecular formula is C26H32FN3O4. The van der Waals surface area contributed by atoms with Gasteiger partial charge in [0.1, 0.15) is 5.69 Å². The van der Waals surface area contributed by atoms with Crippen molar-refractivity contribution in [3.8, 4) is 0 Å². The lowest BCUT2D eigenvalue weighted by molar-refractivity contribution is -0.395. The van der Waals surface area contributed by atoms with Crippen LogP contribution in [0.1, 0.15) is 76.0 Å². The molecule has 2 aromatic carbocycles. The lowest BCUT2D eigenvalue weighted by Crippen LogP contribution is -2.51. The molecule has 34 heavy (non-hydrogen) atoms. The molecule has 0 aliphatic heterocycles. The standard InChI is InChI=1S/C26H32FN3O4/c1-16(2)17-6-8-19-18(12-17)7-9-24-25(3,10-5-11-26(19,24)4)15-28-21-13-20(27)22(29(31)32)14-23(21)30(33)34/h6,8,12-14,16,24,28H,5,7,9-11,15H2,1-4H3/t24-,25+,26+/m0/s1. The van der Waals surface area contributed by atoms with Crippen LogP contribution in [0, 0.1) is 37.4 Å². The molecule has 8 heteroatoms. The van der Waals surface area contributed by atoms with Crippen molar-refractivity contribution in [2.75, 3.05) is 11.9 Å². The highest BCUT2D eigenvalue weighted by molar-refractivity contribution is 5.66. The predicted molar refractivity (Wildman–Crippen MR) is 130 cm³/mol. The van der Waals surface area contributed by atoms with E-state index < -0.39 is 27.0 Å². The molecule has 0 aromatic heterocycles. The number of aryl methyl sites for hydroxylation is 1. The van der Waals surface area contributed by atoms with Crippen LogP contribution in [0.5, 0.6) is 0 Å². The molecule has 0 unspecified atom stereocenters. The number of nitrogens with one attached hydrogen (secondary N) is 1. The zero-order valence-corrected chi connectivity index (χ0v) is 20.2. The Morgan fingerprint density at radius 1 is 1.09 bits per heavy atom. The molecule has 182 valence electrons. The summed E-state index contributed by atoms with van der Waals surface area (Å²) in [5, 5.41) is 25.7. The van der Waals surface area contributed by atoms with Crippen molar-refractivity contribution >= 4 is 17.1 Å². The average molecular weight is 470 g/mol. The molecule has 2 aliphatic carbocycles. The Labute approximate surface area is 199 Å². The zero-order valence-electron chi connectivity index (χ0n) is 20.2. The van der Waals surface area contributed by atoms with E-state index in [4.69, 9.17) is 0 Å². The van der Waals surface area contributed by atoms with Gasteiger partial charge < -0.3 is 5.32 Å². The van der Waals surface area contributed by atoms with Crippen LogP contribution in [-0.4, -0.2) is 16.4 Å². The highest BCUT2D eigenvalue weighted by atomic mass is 19.1. The van der Waals surface area contributed by atoms with E-state index in [-0.39, 0.29) is 16.5 Å². The Morgan fingerprint density at radius 2 is 1.79 bits per heavy atom. The van der Waals surface area contributed by atoms with E-state index in [2.05, 4.69) is 51.2 Å². The van der Waals surface area contributed by atoms with E-state index in [1.54, 1.807) is 0 Å². The topological polar surface area (TPSA) is 98.3 Å². The summed E-state index contributed by atoms with van der Waals surface area (Å²) in [6.07, 6.45) is 5.11. The molecule has 0 radical (unpaired) electrons. The quantitative estimate of drug-likeness (QED) is 0.367. The van der Waals surface area contributed by atoms with Gasteiger partial charge in [-0.25, -0.2) is 0 Å². The predicted octanol–water partition coefficient (Wildman–Crippen LogP) is 6.89. The Bertz CT molecular complexity index is 1150. The second kappa shape index (κ2) is 8.64. The van der Waals surface area contributed by atoms with Gasteiger partial charge in [0, 0.05) is 12.6 Å². The van der Waals surface area contributed by atoms with Gasteiger partial charge >= 0.3 is 5.69 Å². The summed E-state index contributed by atoms with van der Waals surface area (Å²) in [5.41, 5.74) is 2.65. The maximum atomic E-state index is 14.3. The van der Waals surface area contributed by atoms with E-state index in [0.29, 0.717) is 24.4 Å². The fourth-order valence-electron chi connectivity index (χ4n) is 6.50. The van der Waals surface area contributed by atoms with E-state index in [0.717, 1.165) is 38.2 Å². The Kier molecular flexibility index (Phi) is 6.12. The first-order valence-corrected chi connectivity index (χ1v) is 12.0. The van der Waals surface area contributed by atoms with E-state index in [1.165, 1.54) is 16.7 Å². The number of halogens is 1. The molecule has 2 aliphatic rings. The fraction of sp³-hybridized carbons (Fsp3) is 0.538. The highest BCUT2D eigenvalue weighted by Crippen LogP contribution is 2.57. The van der Waals surface area contributed by atoms with Gasteiger partial charge in [0.05, 0.1) is 15.9 Å². The number of rotatable bonds is 6. The van der Waals surface area contributed by atoms with Crippen LogP contribution in [-0.2, 0) is 11.8 Å². The van der Waals surface area contributed by atoms with Gasteiger partial charge in [-0.05, 0) is 65.0 Å². The van der Waals surface area contributed by atoms with Crippen molar-refractivity contribution in [1.29, 1.82) is 0 Å². The van der Waals surface area contributed by atoms with Crippen LogP contribution in [0.4, 0.5) is 21.5 Å². The number of hydrogen-bond donors (Lipinski definition) is 1. The number of hydrogen-bond acceptors (Lipinski definition) is 5. The lowest BCUT2D eigenvalue weighted by atomic mass is 9.49. The Morgan fingerprint density at radius 3 is 2.44 bits per heavy atom. The van der Waals surface area contributed by atoms with Gasteiger partial charge in [-0.1, -0.05) is 52.3 Å². The normalized spacial score (nSPS) is 26.0. The van der Waals surface area contributed by atoms with Gasteiger partial charge in [-0.2, -0.15) is 4.39 Å². The first kappa shape index (κ1) is 24.1. The Balaban J connectivity index is 1.64. The third-order valence-corrected chi connectivity index (χ3v) is 8.31. The minimum Gasteiger partial charge on any atom is -0.379 e. The minimum atomic E-state index is -1.08. The molecule has 4 rings (SSSR count). The molecule has 0 amide bonds. The second-order valence-corrected chi connectivity index (χ2v) is 10.8. The molecule has 0 spiro atoms. The number of benzene rings is 2. The lowest BCUT2D eigenvalue weighted by Gasteiger charge is -2.55. The third-order valence-electron chi connectivity index (χ3n) is 8.31. The maximum absolute atomic E-state index is 14.3. The highest BCUT2D eigenvalue weighted by Gasteiger charge is 2.51. The first-order valence-electron chi connectivity index (χ1n) is 12.0. The summed E-state index contributed by atoms with van der Waals surface area (Å²) in [6.45, 7) is 9.40. The van der Waals surface area contributed by atoms with E-state index in [9.17, 15) is 24.6 Å². The maximum Gasteiger partial charge on any atom is 0.311 e. The molecule has 2 aromatic rings. The molecule has 0 bridgehead atoms. The van der Waals surface area contributed by atoms with Crippen LogP contribution in [0.25, 0.3) is 0 Å². The smallest absolute Gasteiger partial charge is 0.311 e. The molecule has 7 nitrogen and oxygen atoms in total. The van der Waals surface area contributed by atoms with Crippen molar-refractivity contribution in [2.45, 2.75) is 71.1 Å². The molecule has 1 saturated carbocycles. The van der Waals surface area contributed by atoms with Gasteiger partial charge in [0.25, 0.3) is 5.69 Å². The SMILES string of the molecule is CC(C)c1ccc2c(c1)CC[C@H]1[C@@](C)(CNc3cc(F)c([N+](=O)[O-])cc3[N+](=O)[O-])CCC[C@]21C. The summed E-state index contributed by atoms with van der Waals surface area (Å²) < 4.78 is 14.3. The molecule has 0 saturated heterocycles. The van der Waals surface area contributed by atoms with Gasteiger partial charge in [-0.15, -0.1) is 0 Å². The minimum absolute atomic E-state index is 0.00440. The number of nitro groups is 2. The first-order chi connectivity index (χ1) is 16.0. The van der Waals surface area contributed by atoms with Crippen molar-refractivity contribution < 1.29 is 14.2 Å². The Hall–Kier alpha value is -3.03. The summed E-state index contributed by atoms with van der Waals surface area (Å²) in [5.74, 6) is -0.237. The van der Waals surface area contributed by atoms with Crippen molar-refractivity contribution in [1.82, 2.24) is 0 Å². The number of nitrogens with zero attached hydrogens (tertiary/aromatic N) is 2. The average Bonchev–Trinajstić information content (AvgIpc) is 2.76. The molecule has 0 heterocycles. The summed E-state index contributed by atoms with van der Waals surface area (Å²) in [4.78, 5) is 20.9. The van der Waals surface area contributed by atoms with Crippen LogP contribution in [0.15, 0.2) is 30.3 Å². The summed E-state index contributed by atoms with van der Waals surface area (Å²) in [7, 11) is 0. The largest absolute Gasteiger partial charge is 0.379 e. The second-order valence-electron chi connectivity index (χ2n) is 10.8. The van der Waals surface area contributed by atoms with Crippen LogP contribution in [0.3, 0.4) is 0 Å². The molecular weight excluding hydrogens is 437 g/mol. The van der Waals surface area contributed by atoms with Crippen LogP contribution < -0.4 is 5.32 Å². The van der Waals surface area contributed by atoms with E-state index in [1.807, 2.05) is 0 Å². The number of fused-ring (bicyclic) bond motifs is 3. The molecule has 3 atom stereocenters. The van der Waals surface area contributed by atoms with Gasteiger partial charge in [0.2, 0.25) is 5.82 Å². The number of anilines is 1. The summed E-state index contributed by atoms with van der Waals surface area (Å²) >= 11 is 0. The van der Waals surface area contributed by atoms with Crippen molar-refractivity contribution in [3.63, 3.8) is 0 Å². The molecule has 1 N–H and O–H groups in total. The van der Waals surface area contributed by atoms with E-state index >= 15 is 0 Å². The number of nitro benzene ring substituents is 2. The van der Waals surface area contributed by atoms with Gasteiger partial charge in [0.15, 0.2) is 0 Å². The molecule has 1 fully saturated rings.